The Balaban J connectivity index is 1.29. The Kier molecular flexibility index (Phi) is 10.6. The van der Waals surface area contributed by atoms with Gasteiger partial charge in [0.1, 0.15) is 29.8 Å². The molecule has 1 fully saturated rings. The summed E-state index contributed by atoms with van der Waals surface area (Å²) in [5.41, 5.74) is -8.48. The van der Waals surface area contributed by atoms with Gasteiger partial charge < -0.3 is 55.1 Å². The fourth-order valence-corrected chi connectivity index (χ4v) is 8.90. The molecule has 3 aromatic carbocycles. The van der Waals surface area contributed by atoms with Crippen molar-refractivity contribution in [1.29, 1.82) is 0 Å². The number of ketones is 4. The molecule has 8 atom stereocenters. The normalized spacial score (nSPS) is 28.9. The van der Waals surface area contributed by atoms with Crippen molar-refractivity contribution in [3.63, 3.8) is 0 Å². The quantitative estimate of drug-likeness (QED) is 0.162. The van der Waals surface area contributed by atoms with Crippen molar-refractivity contribution in [2.45, 2.75) is 81.2 Å². The summed E-state index contributed by atoms with van der Waals surface area (Å²) in [6.07, 6.45) is -6.96. The van der Waals surface area contributed by atoms with Gasteiger partial charge in [-0.1, -0.05) is 29.8 Å². The van der Waals surface area contributed by atoms with Crippen LogP contribution < -0.4 is 10.6 Å². The molecule has 4 aliphatic rings. The molecular formula is C41H41ClN2O14. The van der Waals surface area contributed by atoms with E-state index in [9.17, 15) is 49.5 Å². The first kappa shape index (κ1) is 41.1. The number of fused-ring (bicyclic) bond motifs is 5. The number of carbonyl (C=O) groups is 5. The number of carbonyl (C=O) groups excluding carboxylic acids is 5. The van der Waals surface area contributed by atoms with E-state index in [2.05, 4.69) is 10.6 Å². The van der Waals surface area contributed by atoms with Crippen LogP contribution in [0.5, 0.6) is 11.5 Å². The number of aliphatic hydroxyl groups is 3. The van der Waals surface area contributed by atoms with E-state index in [1.54, 1.807) is 38.1 Å². The van der Waals surface area contributed by atoms with Crippen molar-refractivity contribution >= 4 is 40.6 Å². The topological polar surface area (TPSA) is 247 Å². The predicted octanol–water partition coefficient (Wildman–Crippen LogP) is 1.48. The molecular weight excluding hydrogens is 780 g/mol. The number of phenols is 2. The summed E-state index contributed by atoms with van der Waals surface area (Å²) in [5.74, 6) is -6.89. The lowest BCUT2D eigenvalue weighted by atomic mass is 9.56. The van der Waals surface area contributed by atoms with Gasteiger partial charge in [-0.15, -0.1) is 0 Å². The number of Topliss-reactive ketones (excluding diaryl/α,β-unsaturated/α-hetero) is 3. The number of aryl methyl sites for hydroxylation is 1. The highest BCUT2D eigenvalue weighted by atomic mass is 35.5. The lowest BCUT2D eigenvalue weighted by Gasteiger charge is -2.53. The Bertz CT molecular complexity index is 2310. The van der Waals surface area contributed by atoms with Gasteiger partial charge in [-0.05, 0) is 48.7 Å². The first-order chi connectivity index (χ1) is 27.5. The number of hydrogen-bond donors (Lipinski definition) is 7. The summed E-state index contributed by atoms with van der Waals surface area (Å²) in [6.45, 7) is 3.31. The minimum atomic E-state index is -3.20. The van der Waals surface area contributed by atoms with Gasteiger partial charge in [0.2, 0.25) is 23.3 Å². The molecule has 1 aliphatic heterocycles. The van der Waals surface area contributed by atoms with Crippen LogP contribution in [0.15, 0.2) is 48.2 Å². The predicted molar refractivity (Wildman–Crippen MR) is 202 cm³/mol. The summed E-state index contributed by atoms with van der Waals surface area (Å²) in [4.78, 5) is 70.5. The van der Waals surface area contributed by atoms with Gasteiger partial charge in [0.15, 0.2) is 23.2 Å². The Morgan fingerprint density at radius 2 is 1.62 bits per heavy atom. The number of methoxy groups -OCH3 is 3. The summed E-state index contributed by atoms with van der Waals surface area (Å²) < 4.78 is 22.2. The summed E-state index contributed by atoms with van der Waals surface area (Å²) in [7, 11) is 3.62. The van der Waals surface area contributed by atoms with E-state index in [1.807, 2.05) is 0 Å². The smallest absolute Gasteiger partial charge is 0.224 e. The molecule has 1 amide bonds. The highest BCUT2D eigenvalue weighted by molar-refractivity contribution is 6.31. The van der Waals surface area contributed by atoms with Gasteiger partial charge >= 0.3 is 0 Å². The van der Waals surface area contributed by atoms with Crippen LogP contribution in [0.1, 0.15) is 76.2 Å². The van der Waals surface area contributed by atoms with Crippen LogP contribution in [0.25, 0.3) is 0 Å². The number of ether oxygens (including phenoxy) is 4. The Morgan fingerprint density at radius 1 is 0.948 bits per heavy atom. The molecule has 1 saturated heterocycles. The van der Waals surface area contributed by atoms with Crippen molar-refractivity contribution in [2.24, 2.45) is 0 Å². The fraction of sp³-hybridized carbons (Fsp3) is 0.390. The molecule has 0 radical (unpaired) electrons. The second-order valence-corrected chi connectivity index (χ2v) is 15.2. The maximum Gasteiger partial charge on any atom is 0.224 e. The minimum Gasteiger partial charge on any atom is -0.507 e. The molecule has 7 N–H and O–H groups in total. The van der Waals surface area contributed by atoms with Gasteiger partial charge in [-0.2, -0.15) is 0 Å². The Morgan fingerprint density at radius 3 is 2.26 bits per heavy atom. The van der Waals surface area contributed by atoms with Gasteiger partial charge in [-0.25, -0.2) is 0 Å². The minimum absolute atomic E-state index is 0.00122. The lowest BCUT2D eigenvalue weighted by Crippen LogP contribution is -2.73. The van der Waals surface area contributed by atoms with E-state index < -0.39 is 129 Å². The number of phenolic OH excluding ortho intramolecular Hbond substituents is 2. The highest BCUT2D eigenvalue weighted by Crippen LogP contribution is 2.56. The van der Waals surface area contributed by atoms with Crippen LogP contribution in [-0.2, 0) is 48.7 Å². The monoisotopic (exact) mass is 820 g/mol. The van der Waals surface area contributed by atoms with E-state index in [4.69, 9.17) is 30.5 Å². The van der Waals surface area contributed by atoms with Gasteiger partial charge in [0.25, 0.3) is 0 Å². The summed E-state index contributed by atoms with van der Waals surface area (Å²) >= 11 is 5.96. The maximum absolute atomic E-state index is 14.9. The first-order valence-electron chi connectivity index (χ1n) is 18.2. The molecule has 0 bridgehead atoms. The average Bonchev–Trinajstić information content (AvgIpc) is 3.17. The van der Waals surface area contributed by atoms with Crippen molar-refractivity contribution in [3.05, 3.63) is 103 Å². The number of rotatable bonds is 9. The average molecular weight is 821 g/mol. The number of halogens is 1. The zero-order valence-electron chi connectivity index (χ0n) is 31.9. The van der Waals surface area contributed by atoms with Crippen LogP contribution in [0.2, 0.25) is 5.02 Å². The third-order valence-corrected chi connectivity index (χ3v) is 11.9. The Hall–Kier alpha value is -5.04. The van der Waals surface area contributed by atoms with Gasteiger partial charge in [0.05, 0.1) is 35.5 Å². The fourth-order valence-electron chi connectivity index (χ4n) is 8.78. The van der Waals surface area contributed by atoms with Crippen LogP contribution in [0.4, 0.5) is 0 Å². The van der Waals surface area contributed by atoms with Gasteiger partial charge in [0, 0.05) is 67.6 Å². The number of hydrogen-bond acceptors (Lipinski definition) is 15. The molecule has 3 aromatic rings. The zero-order valence-corrected chi connectivity index (χ0v) is 32.7. The van der Waals surface area contributed by atoms with Crippen molar-refractivity contribution in [2.75, 3.05) is 21.3 Å². The Labute approximate surface area is 336 Å². The number of benzene rings is 3. The van der Waals surface area contributed by atoms with E-state index >= 15 is 0 Å². The SMILES string of the molecule is CO[C@@H]1[C@@H](O)[C@@H](OC)C(NC2=CC(=O)c3c(cc4c(c3O)C(=O)[C@]3(OC)[C@H](O)Cc5cc(C)c(CC(=O)NCc6ccc(Cl)cc6)c(O)c5[C@]3(O)C4=O)C2=O)O[C@H]1C. The van der Waals surface area contributed by atoms with Crippen LogP contribution >= 0.6 is 11.6 Å². The third kappa shape index (κ3) is 5.97. The second kappa shape index (κ2) is 15.0. The standard InChI is InChI=1S/C41H41ClN2O14/c1-16-10-19-11-26(46)41(57-5)38(53)29-23(37(52)40(41,54)30(19)32(49)21(16)13-27(47)43-15-18-6-8-20(42)9-7-18)12-22-28(33(29)50)25(45)14-24(31(22)48)44-39-36(56-4)34(51)35(55-3)17(2)58-39/h6-10,12,14,17,26,34-36,39,44,46,49-51,54H,11,13,15H2,1-5H3,(H,43,47)/t17-,26+,34+,35-,36+,39?,40-,41+/m0/s1. The molecule has 16 nitrogen and oxygen atoms in total. The molecule has 0 aromatic heterocycles. The molecule has 0 saturated carbocycles. The van der Waals surface area contributed by atoms with E-state index in [0.717, 1.165) is 24.8 Å². The first-order valence-corrected chi connectivity index (χ1v) is 18.6. The van der Waals surface area contributed by atoms with Crippen molar-refractivity contribution < 1.29 is 68.5 Å². The number of nitrogens with one attached hydrogen (secondary N) is 2. The van der Waals surface area contributed by atoms with Crippen LogP contribution in [-0.4, -0.2) is 118 Å². The molecule has 17 heteroatoms. The highest BCUT2D eigenvalue weighted by Gasteiger charge is 2.72. The summed E-state index contributed by atoms with van der Waals surface area (Å²) in [5, 5.41) is 64.7. The maximum atomic E-state index is 14.9. The molecule has 3 aliphatic carbocycles. The largest absolute Gasteiger partial charge is 0.507 e. The van der Waals surface area contributed by atoms with Crippen molar-refractivity contribution in [3.8, 4) is 11.5 Å². The number of amides is 1. The van der Waals surface area contributed by atoms with Crippen molar-refractivity contribution in [1.82, 2.24) is 10.6 Å². The van der Waals surface area contributed by atoms with E-state index in [0.29, 0.717) is 10.6 Å². The number of allylic oxidation sites excluding steroid dienone is 2. The van der Waals surface area contributed by atoms with Crippen LogP contribution in [0.3, 0.4) is 0 Å². The molecule has 1 unspecified atom stereocenters. The van der Waals surface area contributed by atoms with E-state index in [-0.39, 0.29) is 23.4 Å². The molecule has 1 heterocycles. The molecule has 7 rings (SSSR count). The van der Waals surface area contributed by atoms with Gasteiger partial charge in [-0.3, -0.25) is 24.0 Å². The summed E-state index contributed by atoms with van der Waals surface area (Å²) in [6, 6.07) is 9.09. The number of aromatic hydroxyl groups is 2. The lowest BCUT2D eigenvalue weighted by molar-refractivity contribution is -0.236. The molecule has 58 heavy (non-hydrogen) atoms. The second-order valence-electron chi connectivity index (χ2n) is 14.8. The molecule has 306 valence electrons. The third-order valence-electron chi connectivity index (χ3n) is 11.6. The van der Waals surface area contributed by atoms with Crippen LogP contribution in [0, 0.1) is 6.92 Å². The molecule has 0 spiro atoms. The van der Waals surface area contributed by atoms with E-state index in [1.165, 1.54) is 20.3 Å². The zero-order chi connectivity index (χ0) is 42.2. The number of aliphatic hydroxyl groups excluding tert-OH is 2.